The Balaban J connectivity index is 1.71. The van der Waals surface area contributed by atoms with Crippen LogP contribution in [0.4, 0.5) is 5.69 Å². The summed E-state index contributed by atoms with van der Waals surface area (Å²) in [4.78, 5) is 0.191. The third kappa shape index (κ3) is 2.62. The summed E-state index contributed by atoms with van der Waals surface area (Å²) >= 11 is 0. The van der Waals surface area contributed by atoms with E-state index in [1.165, 1.54) is 5.57 Å². The molecule has 2 aliphatic carbocycles. The minimum Gasteiger partial charge on any atom is -0.381 e. The van der Waals surface area contributed by atoms with E-state index in [1.807, 2.05) is 6.07 Å². The summed E-state index contributed by atoms with van der Waals surface area (Å²) in [5.41, 5.74) is 3.39. The van der Waals surface area contributed by atoms with Gasteiger partial charge in [-0.15, -0.1) is 0 Å². The molecule has 24 heavy (non-hydrogen) atoms. The zero-order valence-corrected chi connectivity index (χ0v) is 14.5. The molecule has 1 heterocycles. The van der Waals surface area contributed by atoms with Crippen molar-refractivity contribution in [3.8, 4) is 0 Å². The van der Waals surface area contributed by atoms with E-state index in [-0.39, 0.29) is 10.8 Å². The topological polar surface area (TPSA) is 72.2 Å². The fourth-order valence-electron chi connectivity index (χ4n) is 4.22. The normalized spacial score (nSPS) is 31.2. The van der Waals surface area contributed by atoms with Crippen molar-refractivity contribution in [3.05, 3.63) is 59.7 Å². The highest BCUT2D eigenvalue weighted by Crippen LogP contribution is 2.47. The van der Waals surface area contributed by atoms with Gasteiger partial charge in [0.05, 0.1) is 4.90 Å². The predicted molar refractivity (Wildman–Crippen MR) is 96.2 cm³/mol. The second-order valence-electron chi connectivity index (χ2n) is 7.02. The Morgan fingerprint density at radius 2 is 2.04 bits per heavy atom. The van der Waals surface area contributed by atoms with Gasteiger partial charge in [0.2, 0.25) is 10.0 Å². The van der Waals surface area contributed by atoms with E-state index < -0.39 is 10.0 Å². The van der Waals surface area contributed by atoms with Gasteiger partial charge in [-0.05, 0) is 49.4 Å². The van der Waals surface area contributed by atoms with Crippen LogP contribution >= 0.6 is 0 Å². The number of benzene rings is 1. The quantitative estimate of drug-likeness (QED) is 0.810. The highest BCUT2D eigenvalue weighted by molar-refractivity contribution is 7.89. The lowest BCUT2D eigenvalue weighted by atomic mass is 9.73. The minimum atomic E-state index is -3.68. The Morgan fingerprint density at radius 1 is 1.21 bits per heavy atom. The van der Waals surface area contributed by atoms with Crippen LogP contribution in [0.3, 0.4) is 0 Å². The van der Waals surface area contributed by atoms with Gasteiger partial charge in [-0.2, -0.15) is 0 Å². The average Bonchev–Trinajstić information content (AvgIpc) is 3.03. The standard InChI is InChI=1S/C19H22N2O2S/c1-12-5-7-13(8-6-12)19-16-4-2-3-15(16)17-11-14(24(20,22)23)9-10-18(17)21-19/h2-3,5-7,9-11,13,15-16,19,21H,4,8H2,1H3,(H2,20,22,23)/t13?,15-,16+,19+/m1/s1. The van der Waals surface area contributed by atoms with Gasteiger partial charge in [0.1, 0.15) is 0 Å². The summed E-state index contributed by atoms with van der Waals surface area (Å²) in [6.45, 7) is 2.13. The number of primary sulfonamides is 1. The van der Waals surface area contributed by atoms with Crippen LogP contribution in [0.2, 0.25) is 0 Å². The molecule has 5 heteroatoms. The number of hydrogen-bond donors (Lipinski definition) is 2. The van der Waals surface area contributed by atoms with Crippen molar-refractivity contribution in [2.24, 2.45) is 17.0 Å². The molecule has 0 fully saturated rings. The fourth-order valence-corrected chi connectivity index (χ4v) is 4.77. The van der Waals surface area contributed by atoms with Crippen molar-refractivity contribution >= 4 is 15.7 Å². The van der Waals surface area contributed by atoms with Gasteiger partial charge in [-0.1, -0.05) is 36.0 Å². The number of nitrogens with one attached hydrogen (secondary N) is 1. The van der Waals surface area contributed by atoms with Crippen LogP contribution in [0.25, 0.3) is 0 Å². The van der Waals surface area contributed by atoms with Crippen molar-refractivity contribution in [2.75, 3.05) is 5.32 Å². The van der Waals surface area contributed by atoms with Crippen LogP contribution in [0, 0.1) is 11.8 Å². The molecule has 0 saturated carbocycles. The van der Waals surface area contributed by atoms with E-state index in [9.17, 15) is 8.42 Å². The van der Waals surface area contributed by atoms with Crippen LogP contribution in [-0.4, -0.2) is 14.5 Å². The van der Waals surface area contributed by atoms with E-state index in [0.29, 0.717) is 17.9 Å². The van der Waals surface area contributed by atoms with Gasteiger partial charge in [0.25, 0.3) is 0 Å². The number of anilines is 1. The molecule has 1 aliphatic heterocycles. The van der Waals surface area contributed by atoms with Gasteiger partial charge in [-0.3, -0.25) is 0 Å². The first kappa shape index (κ1) is 15.7. The number of sulfonamides is 1. The molecule has 0 bridgehead atoms. The third-order valence-electron chi connectivity index (χ3n) is 5.49. The average molecular weight is 342 g/mol. The highest BCUT2D eigenvalue weighted by Gasteiger charge is 2.40. The van der Waals surface area contributed by atoms with Crippen molar-refractivity contribution in [1.29, 1.82) is 0 Å². The van der Waals surface area contributed by atoms with E-state index in [0.717, 1.165) is 24.1 Å². The first-order valence-corrected chi connectivity index (χ1v) is 9.93. The van der Waals surface area contributed by atoms with Crippen molar-refractivity contribution < 1.29 is 8.42 Å². The fraction of sp³-hybridized carbons (Fsp3) is 0.368. The smallest absolute Gasteiger partial charge is 0.238 e. The lowest BCUT2D eigenvalue weighted by Gasteiger charge is -2.41. The molecule has 1 unspecified atom stereocenters. The molecule has 1 aromatic carbocycles. The van der Waals surface area contributed by atoms with Crippen LogP contribution < -0.4 is 10.5 Å². The number of nitrogens with two attached hydrogens (primary N) is 1. The van der Waals surface area contributed by atoms with Crippen molar-refractivity contribution in [3.63, 3.8) is 0 Å². The first-order valence-electron chi connectivity index (χ1n) is 8.38. The largest absolute Gasteiger partial charge is 0.381 e. The number of hydrogen-bond acceptors (Lipinski definition) is 3. The van der Waals surface area contributed by atoms with Gasteiger partial charge < -0.3 is 5.32 Å². The summed E-state index contributed by atoms with van der Waals surface area (Å²) < 4.78 is 23.4. The highest BCUT2D eigenvalue weighted by atomic mass is 32.2. The first-order chi connectivity index (χ1) is 11.4. The SMILES string of the molecule is CC1=CCC([C@@H]2Nc3ccc(S(N)(=O)=O)cc3[C@@H]3C=CC[C@@H]32)C=C1. The summed E-state index contributed by atoms with van der Waals surface area (Å²) in [5.74, 6) is 1.18. The molecule has 3 N–H and O–H groups in total. The molecule has 4 nitrogen and oxygen atoms in total. The Morgan fingerprint density at radius 3 is 2.75 bits per heavy atom. The zero-order chi connectivity index (χ0) is 16.9. The maximum Gasteiger partial charge on any atom is 0.238 e. The van der Waals surface area contributed by atoms with Gasteiger partial charge in [0.15, 0.2) is 0 Å². The van der Waals surface area contributed by atoms with Crippen LogP contribution in [0.5, 0.6) is 0 Å². The summed E-state index contributed by atoms with van der Waals surface area (Å²) in [6, 6.07) is 5.55. The van der Waals surface area contributed by atoms with Gasteiger partial charge >= 0.3 is 0 Å². The Hall–Kier alpha value is -1.85. The minimum absolute atomic E-state index is 0.191. The van der Waals surface area contributed by atoms with Gasteiger partial charge in [0, 0.05) is 23.6 Å². The zero-order valence-electron chi connectivity index (χ0n) is 13.6. The maximum absolute atomic E-state index is 11.7. The Labute approximate surface area is 143 Å². The molecule has 126 valence electrons. The van der Waals surface area contributed by atoms with E-state index >= 15 is 0 Å². The van der Waals surface area contributed by atoms with Crippen LogP contribution in [0.1, 0.15) is 31.2 Å². The Kier molecular flexibility index (Phi) is 3.66. The molecule has 3 aliphatic rings. The molecule has 4 atom stereocenters. The molecule has 1 aromatic rings. The predicted octanol–water partition coefficient (Wildman–Crippen LogP) is 3.31. The summed E-state index contributed by atoms with van der Waals surface area (Å²) in [6.07, 6.45) is 13.3. The molecule has 0 aromatic heterocycles. The lowest BCUT2D eigenvalue weighted by molar-refractivity contribution is 0.348. The Bertz CT molecular complexity index is 867. The molecule has 0 amide bonds. The summed E-state index contributed by atoms with van der Waals surface area (Å²) in [7, 11) is -3.68. The molecule has 0 saturated heterocycles. The van der Waals surface area contributed by atoms with E-state index in [4.69, 9.17) is 5.14 Å². The summed E-state index contributed by atoms with van der Waals surface area (Å²) in [5, 5.41) is 8.98. The maximum atomic E-state index is 11.7. The van der Waals surface area contributed by atoms with E-state index in [2.05, 4.69) is 42.6 Å². The molecular formula is C19H22N2O2S. The molecule has 0 radical (unpaired) electrons. The number of allylic oxidation sites excluding steroid dienone is 5. The van der Waals surface area contributed by atoms with Crippen molar-refractivity contribution in [1.82, 2.24) is 0 Å². The molecule has 4 rings (SSSR count). The van der Waals surface area contributed by atoms with E-state index in [1.54, 1.807) is 12.1 Å². The van der Waals surface area contributed by atoms with Gasteiger partial charge in [-0.25, -0.2) is 13.6 Å². The third-order valence-corrected chi connectivity index (χ3v) is 6.40. The second kappa shape index (κ2) is 5.60. The number of fused-ring (bicyclic) bond motifs is 3. The monoisotopic (exact) mass is 342 g/mol. The lowest BCUT2D eigenvalue weighted by Crippen LogP contribution is -2.41. The van der Waals surface area contributed by atoms with Crippen LogP contribution in [-0.2, 0) is 10.0 Å². The van der Waals surface area contributed by atoms with Crippen LogP contribution in [0.15, 0.2) is 59.0 Å². The molecular weight excluding hydrogens is 320 g/mol. The number of rotatable bonds is 2. The molecule has 0 spiro atoms. The van der Waals surface area contributed by atoms with Crippen molar-refractivity contribution in [2.45, 2.75) is 36.6 Å². The second-order valence-corrected chi connectivity index (χ2v) is 8.59.